The Kier molecular flexibility index (Phi) is 11.0. The van der Waals surface area contributed by atoms with E-state index in [2.05, 4.69) is 40.1 Å². The summed E-state index contributed by atoms with van der Waals surface area (Å²) in [5, 5.41) is 8.74. The van der Waals surface area contributed by atoms with Crippen molar-refractivity contribution < 1.29 is 13.2 Å². The average molecular weight is 518 g/mol. The third-order valence-electron chi connectivity index (χ3n) is 4.78. The molecule has 0 spiro atoms. The maximum atomic E-state index is 12.4. The molecule has 1 fully saturated rings. The van der Waals surface area contributed by atoms with Gasteiger partial charge in [0, 0.05) is 30.9 Å². The van der Waals surface area contributed by atoms with Crippen LogP contribution >= 0.6 is 35.3 Å². The second kappa shape index (κ2) is 12.1. The number of rotatable bonds is 7. The number of piperidine rings is 1. The molecule has 9 heteroatoms. The fourth-order valence-corrected chi connectivity index (χ4v) is 4.01. The fraction of sp³-hybridized carbons (Fsp3) is 0.722. The van der Waals surface area contributed by atoms with Crippen molar-refractivity contribution in [3.05, 3.63) is 22.4 Å². The molecule has 1 aromatic rings. The third-order valence-corrected chi connectivity index (χ3v) is 5.89. The lowest BCUT2D eigenvalue weighted by molar-refractivity contribution is -0.148. The zero-order chi connectivity index (χ0) is 19.0. The van der Waals surface area contributed by atoms with Gasteiger partial charge in [0.2, 0.25) is 0 Å². The largest absolute Gasteiger partial charge is 0.401 e. The molecule has 0 aromatic carbocycles. The summed E-state index contributed by atoms with van der Waals surface area (Å²) in [6.07, 6.45) is -1.47. The molecule has 1 unspecified atom stereocenters. The van der Waals surface area contributed by atoms with Gasteiger partial charge in [-0.15, -0.1) is 35.3 Å². The lowest BCUT2D eigenvalue weighted by Gasteiger charge is -2.32. The smallest absolute Gasteiger partial charge is 0.356 e. The minimum atomic E-state index is -4.09. The Hall–Kier alpha value is -0.550. The van der Waals surface area contributed by atoms with E-state index in [4.69, 9.17) is 0 Å². The van der Waals surface area contributed by atoms with E-state index in [1.807, 2.05) is 0 Å². The Morgan fingerprint density at radius 1 is 1.33 bits per heavy atom. The van der Waals surface area contributed by atoms with Crippen molar-refractivity contribution in [2.24, 2.45) is 10.9 Å². The minimum absolute atomic E-state index is 0. The van der Waals surface area contributed by atoms with E-state index in [1.54, 1.807) is 18.4 Å². The number of halogens is 4. The number of likely N-dealkylation sites (tertiary alicyclic amines) is 1. The van der Waals surface area contributed by atoms with Gasteiger partial charge in [-0.25, -0.2) is 0 Å². The van der Waals surface area contributed by atoms with Crippen molar-refractivity contribution in [2.75, 3.05) is 39.8 Å². The summed E-state index contributed by atoms with van der Waals surface area (Å²) in [4.78, 5) is 7.10. The van der Waals surface area contributed by atoms with Crippen LogP contribution in [0.1, 0.15) is 37.0 Å². The SMILES string of the molecule is CN=C(NCCC1CCN(CC(F)(F)F)CC1)NCC(C)c1cccs1.I. The highest BCUT2D eigenvalue weighted by Crippen LogP contribution is 2.24. The van der Waals surface area contributed by atoms with Crippen molar-refractivity contribution in [3.63, 3.8) is 0 Å². The zero-order valence-electron chi connectivity index (χ0n) is 15.9. The molecule has 0 aliphatic carbocycles. The van der Waals surface area contributed by atoms with Gasteiger partial charge >= 0.3 is 6.18 Å². The molecule has 2 N–H and O–H groups in total. The molecule has 27 heavy (non-hydrogen) atoms. The molecule has 156 valence electrons. The van der Waals surface area contributed by atoms with Crippen molar-refractivity contribution in [1.82, 2.24) is 15.5 Å². The molecule has 1 aliphatic rings. The summed E-state index contributed by atoms with van der Waals surface area (Å²) in [5.41, 5.74) is 0. The number of thiophene rings is 1. The summed E-state index contributed by atoms with van der Waals surface area (Å²) in [7, 11) is 1.75. The molecule has 2 heterocycles. The number of guanidine groups is 1. The van der Waals surface area contributed by atoms with Crippen LogP contribution in [0.5, 0.6) is 0 Å². The van der Waals surface area contributed by atoms with E-state index in [-0.39, 0.29) is 24.0 Å². The van der Waals surface area contributed by atoms with Crippen LogP contribution in [-0.2, 0) is 0 Å². The Morgan fingerprint density at radius 2 is 2.04 bits per heavy atom. The van der Waals surface area contributed by atoms with Gasteiger partial charge in [-0.05, 0) is 49.7 Å². The normalized spacial score (nSPS) is 18.0. The number of nitrogens with one attached hydrogen (secondary N) is 2. The lowest BCUT2D eigenvalue weighted by Crippen LogP contribution is -2.42. The zero-order valence-corrected chi connectivity index (χ0v) is 19.0. The maximum absolute atomic E-state index is 12.4. The van der Waals surface area contributed by atoms with Crippen molar-refractivity contribution in [2.45, 2.75) is 38.3 Å². The number of alkyl halides is 3. The van der Waals surface area contributed by atoms with Gasteiger partial charge in [-0.3, -0.25) is 9.89 Å². The van der Waals surface area contributed by atoms with Crippen LogP contribution in [0.15, 0.2) is 22.5 Å². The first-order chi connectivity index (χ1) is 12.4. The van der Waals surface area contributed by atoms with Crippen LogP contribution < -0.4 is 10.6 Å². The van der Waals surface area contributed by atoms with Gasteiger partial charge in [-0.1, -0.05) is 13.0 Å². The number of aliphatic imine (C=N–C) groups is 1. The lowest BCUT2D eigenvalue weighted by atomic mass is 9.93. The molecular weight excluding hydrogens is 488 g/mol. The Morgan fingerprint density at radius 3 is 2.59 bits per heavy atom. The Labute approximate surface area is 181 Å². The van der Waals surface area contributed by atoms with Crippen LogP contribution in [-0.4, -0.2) is 56.8 Å². The molecule has 0 bridgehead atoms. The summed E-state index contributed by atoms with van der Waals surface area (Å²) in [6, 6.07) is 4.20. The molecule has 1 aliphatic heterocycles. The molecule has 2 rings (SSSR count). The molecular formula is C18H30F3IN4S. The Balaban J connectivity index is 0.00000364. The highest BCUT2D eigenvalue weighted by atomic mass is 127. The summed E-state index contributed by atoms with van der Waals surface area (Å²) < 4.78 is 37.2. The number of nitrogens with zero attached hydrogens (tertiary/aromatic N) is 2. The average Bonchev–Trinajstić information content (AvgIpc) is 3.12. The van der Waals surface area contributed by atoms with Crippen molar-refractivity contribution in [3.8, 4) is 0 Å². The summed E-state index contributed by atoms with van der Waals surface area (Å²) in [6.45, 7) is 4.08. The fourth-order valence-electron chi connectivity index (χ4n) is 3.22. The standard InChI is InChI=1S/C18H29F3N4S.HI/c1-14(16-4-3-11-26-16)12-24-17(22-2)23-8-5-15-6-9-25(10-7-15)13-18(19,20)21;/h3-4,11,14-15H,5-10,12-13H2,1-2H3,(H2,22,23,24);1H. The van der Waals surface area contributed by atoms with E-state index in [1.165, 1.54) is 9.78 Å². The first-order valence-electron chi connectivity index (χ1n) is 9.14. The molecule has 0 saturated carbocycles. The van der Waals surface area contributed by atoms with Gasteiger partial charge in [-0.2, -0.15) is 13.2 Å². The van der Waals surface area contributed by atoms with Crippen LogP contribution in [0.25, 0.3) is 0 Å². The quantitative estimate of drug-likeness (QED) is 0.322. The van der Waals surface area contributed by atoms with Gasteiger partial charge in [0.1, 0.15) is 0 Å². The minimum Gasteiger partial charge on any atom is -0.356 e. The maximum Gasteiger partial charge on any atom is 0.401 e. The summed E-state index contributed by atoms with van der Waals surface area (Å²) >= 11 is 1.76. The van der Waals surface area contributed by atoms with E-state index in [9.17, 15) is 13.2 Å². The number of hydrogen-bond acceptors (Lipinski definition) is 3. The first kappa shape index (κ1) is 24.5. The molecule has 1 saturated heterocycles. The predicted octanol–water partition coefficient (Wildman–Crippen LogP) is 4.30. The number of hydrogen-bond donors (Lipinski definition) is 2. The van der Waals surface area contributed by atoms with Crippen molar-refractivity contribution in [1.29, 1.82) is 0 Å². The van der Waals surface area contributed by atoms with Gasteiger partial charge in [0.05, 0.1) is 6.54 Å². The third kappa shape index (κ3) is 9.47. The molecule has 4 nitrogen and oxygen atoms in total. The predicted molar refractivity (Wildman–Crippen MR) is 117 cm³/mol. The highest BCUT2D eigenvalue weighted by Gasteiger charge is 2.32. The second-order valence-corrected chi connectivity index (χ2v) is 7.90. The van der Waals surface area contributed by atoms with Crippen LogP contribution in [0.4, 0.5) is 13.2 Å². The first-order valence-corrected chi connectivity index (χ1v) is 10.0. The topological polar surface area (TPSA) is 39.7 Å². The van der Waals surface area contributed by atoms with Crippen molar-refractivity contribution >= 4 is 41.3 Å². The Bertz CT molecular complexity index is 543. The molecule has 0 amide bonds. The second-order valence-electron chi connectivity index (χ2n) is 6.92. The molecule has 1 atom stereocenters. The van der Waals surface area contributed by atoms with E-state index in [0.29, 0.717) is 24.9 Å². The van der Waals surface area contributed by atoms with Gasteiger partial charge in [0.15, 0.2) is 5.96 Å². The van der Waals surface area contributed by atoms with Crippen LogP contribution in [0.3, 0.4) is 0 Å². The van der Waals surface area contributed by atoms with Gasteiger partial charge < -0.3 is 10.6 Å². The van der Waals surface area contributed by atoms with E-state index < -0.39 is 12.7 Å². The summed E-state index contributed by atoms with van der Waals surface area (Å²) in [5.74, 6) is 1.68. The van der Waals surface area contributed by atoms with Gasteiger partial charge in [0.25, 0.3) is 0 Å². The highest BCUT2D eigenvalue weighted by molar-refractivity contribution is 14.0. The van der Waals surface area contributed by atoms with E-state index >= 15 is 0 Å². The monoisotopic (exact) mass is 518 g/mol. The van der Waals surface area contributed by atoms with E-state index in [0.717, 1.165) is 38.3 Å². The molecule has 1 aromatic heterocycles. The molecule has 0 radical (unpaired) electrons. The van der Waals surface area contributed by atoms with Crippen LogP contribution in [0, 0.1) is 5.92 Å². The van der Waals surface area contributed by atoms with Crippen LogP contribution in [0.2, 0.25) is 0 Å².